The zero-order valence-corrected chi connectivity index (χ0v) is 14.2. The summed E-state index contributed by atoms with van der Waals surface area (Å²) in [6.07, 6.45) is 2.59. The first-order valence-electron chi connectivity index (χ1n) is 7.89. The summed E-state index contributed by atoms with van der Waals surface area (Å²) < 4.78 is 0. The molecule has 1 unspecified atom stereocenters. The minimum atomic E-state index is -0.411. The Bertz CT molecular complexity index is 753. The average molecular weight is 347 g/mol. The largest absolute Gasteiger partial charge is 0.371 e. The lowest BCUT2D eigenvalue weighted by atomic mass is 10.1. The van der Waals surface area contributed by atoms with Crippen molar-refractivity contribution in [2.24, 2.45) is 5.92 Å². The van der Waals surface area contributed by atoms with Crippen LogP contribution in [0.25, 0.3) is 0 Å². The van der Waals surface area contributed by atoms with Crippen LogP contribution in [-0.4, -0.2) is 29.5 Å². The fourth-order valence-electron chi connectivity index (χ4n) is 3.06. The third-order valence-corrected chi connectivity index (χ3v) is 4.57. The van der Waals surface area contributed by atoms with Gasteiger partial charge in [-0.1, -0.05) is 17.7 Å². The molecule has 1 aromatic heterocycles. The predicted molar refractivity (Wildman–Crippen MR) is 95.9 cm³/mol. The van der Waals surface area contributed by atoms with Gasteiger partial charge in [-0.3, -0.25) is 10.1 Å². The van der Waals surface area contributed by atoms with Crippen molar-refractivity contribution in [2.45, 2.75) is 13.3 Å². The molecule has 126 valence electrons. The third-order valence-electron chi connectivity index (χ3n) is 4.34. The van der Waals surface area contributed by atoms with Crippen LogP contribution in [0.4, 0.5) is 17.2 Å². The average Bonchev–Trinajstić information content (AvgIpc) is 3.04. The molecule has 3 rings (SSSR count). The highest BCUT2D eigenvalue weighted by Gasteiger charge is 2.24. The highest BCUT2D eigenvalue weighted by molar-refractivity contribution is 6.30. The van der Waals surface area contributed by atoms with E-state index >= 15 is 0 Å². The van der Waals surface area contributed by atoms with Gasteiger partial charge in [0.05, 0.1) is 4.92 Å². The van der Waals surface area contributed by atoms with Crippen LogP contribution >= 0.6 is 11.6 Å². The van der Waals surface area contributed by atoms with Crippen LogP contribution in [0, 0.1) is 23.0 Å². The zero-order valence-electron chi connectivity index (χ0n) is 13.4. The molecule has 1 aliphatic heterocycles. The van der Waals surface area contributed by atoms with Crippen molar-refractivity contribution in [2.75, 3.05) is 29.9 Å². The maximum atomic E-state index is 11.0. The number of benzene rings is 1. The smallest absolute Gasteiger partial charge is 0.311 e. The molecule has 7 heteroatoms. The maximum absolute atomic E-state index is 11.0. The monoisotopic (exact) mass is 346 g/mol. The SMILES string of the molecule is Cc1ccc(Cl)cc1N1CCC(CNc2ncccc2[N+](=O)[O-])C1. The van der Waals surface area contributed by atoms with E-state index in [1.165, 1.54) is 11.6 Å². The van der Waals surface area contributed by atoms with E-state index in [1.54, 1.807) is 12.3 Å². The normalized spacial score (nSPS) is 17.1. The Hall–Kier alpha value is -2.34. The van der Waals surface area contributed by atoms with Crippen LogP contribution < -0.4 is 10.2 Å². The van der Waals surface area contributed by atoms with E-state index in [2.05, 4.69) is 22.1 Å². The van der Waals surface area contributed by atoms with Gasteiger partial charge in [0, 0.05) is 42.6 Å². The highest BCUT2D eigenvalue weighted by atomic mass is 35.5. The molecule has 6 nitrogen and oxygen atoms in total. The predicted octanol–water partition coefficient (Wildman–Crippen LogP) is 3.89. The molecule has 1 aromatic carbocycles. The van der Waals surface area contributed by atoms with Gasteiger partial charge in [0.15, 0.2) is 0 Å². The lowest BCUT2D eigenvalue weighted by Gasteiger charge is -2.21. The van der Waals surface area contributed by atoms with E-state index in [0.29, 0.717) is 18.3 Å². The number of halogens is 1. The number of rotatable bonds is 5. The Morgan fingerprint density at radius 3 is 3.08 bits per heavy atom. The molecule has 1 saturated heterocycles. The topological polar surface area (TPSA) is 71.3 Å². The summed E-state index contributed by atoms with van der Waals surface area (Å²) in [6, 6.07) is 8.96. The molecule has 0 spiro atoms. The van der Waals surface area contributed by atoms with Gasteiger partial charge in [-0.2, -0.15) is 0 Å². The quantitative estimate of drug-likeness (QED) is 0.657. The number of aromatic nitrogens is 1. The number of pyridine rings is 1. The standard InChI is InChI=1S/C17H19ClN4O2/c1-12-4-5-14(18)9-16(12)21-8-6-13(11-21)10-20-17-15(22(23)24)3-2-7-19-17/h2-5,7,9,13H,6,8,10-11H2,1H3,(H,19,20). The first-order valence-corrected chi connectivity index (χ1v) is 8.27. The molecule has 1 fully saturated rings. The van der Waals surface area contributed by atoms with Crippen molar-refractivity contribution in [3.63, 3.8) is 0 Å². The Morgan fingerprint density at radius 2 is 2.29 bits per heavy atom. The molecule has 0 radical (unpaired) electrons. The van der Waals surface area contributed by atoms with E-state index < -0.39 is 4.92 Å². The molecule has 24 heavy (non-hydrogen) atoms. The van der Waals surface area contributed by atoms with Gasteiger partial charge in [0.1, 0.15) is 0 Å². The number of aryl methyl sites for hydroxylation is 1. The van der Waals surface area contributed by atoms with Crippen molar-refractivity contribution in [3.05, 3.63) is 57.2 Å². The van der Waals surface area contributed by atoms with E-state index in [-0.39, 0.29) is 5.69 Å². The summed E-state index contributed by atoms with van der Waals surface area (Å²) in [5, 5.41) is 14.9. The summed E-state index contributed by atoms with van der Waals surface area (Å²) in [5.74, 6) is 0.741. The second-order valence-corrected chi connectivity index (χ2v) is 6.48. The second-order valence-electron chi connectivity index (χ2n) is 6.04. The molecule has 1 N–H and O–H groups in total. The first kappa shape index (κ1) is 16.5. The fraction of sp³-hybridized carbons (Fsp3) is 0.353. The molecule has 1 atom stereocenters. The van der Waals surface area contributed by atoms with Gasteiger partial charge in [-0.25, -0.2) is 4.98 Å². The Balaban J connectivity index is 1.63. The summed E-state index contributed by atoms with van der Waals surface area (Å²) in [6.45, 7) is 4.59. The molecule has 2 aromatic rings. The Labute approximate surface area is 145 Å². The lowest BCUT2D eigenvalue weighted by molar-refractivity contribution is -0.384. The first-order chi connectivity index (χ1) is 11.5. The number of hydrogen-bond acceptors (Lipinski definition) is 5. The van der Waals surface area contributed by atoms with Crippen molar-refractivity contribution < 1.29 is 4.92 Å². The lowest BCUT2D eigenvalue weighted by Crippen LogP contribution is -2.23. The van der Waals surface area contributed by atoms with Crippen molar-refractivity contribution in [3.8, 4) is 0 Å². The van der Waals surface area contributed by atoms with Gasteiger partial charge in [0.2, 0.25) is 5.82 Å². The molecular weight excluding hydrogens is 328 g/mol. The van der Waals surface area contributed by atoms with E-state index in [9.17, 15) is 10.1 Å². The molecule has 0 saturated carbocycles. The molecule has 0 aliphatic carbocycles. The molecule has 2 heterocycles. The summed E-state index contributed by atoms with van der Waals surface area (Å²) in [4.78, 5) is 17.0. The van der Waals surface area contributed by atoms with Crippen LogP contribution in [-0.2, 0) is 0 Å². The van der Waals surface area contributed by atoms with E-state index in [0.717, 1.165) is 30.2 Å². The number of nitrogens with one attached hydrogen (secondary N) is 1. The third kappa shape index (κ3) is 3.59. The van der Waals surface area contributed by atoms with Crippen LogP contribution in [0.5, 0.6) is 0 Å². The second kappa shape index (κ2) is 7.05. The molecular formula is C17H19ClN4O2. The summed E-state index contributed by atoms with van der Waals surface area (Å²) >= 11 is 6.11. The van der Waals surface area contributed by atoms with E-state index in [1.807, 2.05) is 18.2 Å². The molecule has 1 aliphatic rings. The summed E-state index contributed by atoms with van der Waals surface area (Å²) in [7, 11) is 0. The van der Waals surface area contributed by atoms with Crippen LogP contribution in [0.3, 0.4) is 0 Å². The van der Waals surface area contributed by atoms with Gasteiger partial charge in [-0.05, 0) is 43.0 Å². The summed E-state index contributed by atoms with van der Waals surface area (Å²) in [5.41, 5.74) is 2.38. The van der Waals surface area contributed by atoms with Crippen LogP contribution in [0.1, 0.15) is 12.0 Å². The van der Waals surface area contributed by atoms with Crippen molar-refractivity contribution >= 4 is 28.8 Å². The van der Waals surface area contributed by atoms with Crippen molar-refractivity contribution in [1.82, 2.24) is 4.98 Å². The highest BCUT2D eigenvalue weighted by Crippen LogP contribution is 2.30. The number of anilines is 2. The number of nitrogens with zero attached hydrogens (tertiary/aromatic N) is 3. The molecule has 0 bridgehead atoms. The maximum Gasteiger partial charge on any atom is 0.311 e. The van der Waals surface area contributed by atoms with Gasteiger partial charge >= 0.3 is 5.69 Å². The minimum absolute atomic E-state index is 0.0121. The van der Waals surface area contributed by atoms with Crippen LogP contribution in [0.2, 0.25) is 5.02 Å². The fourth-order valence-corrected chi connectivity index (χ4v) is 3.23. The van der Waals surface area contributed by atoms with Gasteiger partial charge in [0.25, 0.3) is 0 Å². The number of hydrogen-bond donors (Lipinski definition) is 1. The zero-order chi connectivity index (χ0) is 17.1. The molecule has 0 amide bonds. The minimum Gasteiger partial charge on any atom is -0.371 e. The Morgan fingerprint density at radius 1 is 1.46 bits per heavy atom. The van der Waals surface area contributed by atoms with Gasteiger partial charge in [-0.15, -0.1) is 0 Å². The van der Waals surface area contributed by atoms with Gasteiger partial charge < -0.3 is 10.2 Å². The number of nitro groups is 1. The van der Waals surface area contributed by atoms with Crippen molar-refractivity contribution in [1.29, 1.82) is 0 Å². The Kier molecular flexibility index (Phi) is 4.85. The van der Waals surface area contributed by atoms with E-state index in [4.69, 9.17) is 11.6 Å². The van der Waals surface area contributed by atoms with Crippen LogP contribution in [0.15, 0.2) is 36.5 Å².